The highest BCUT2D eigenvalue weighted by atomic mass is 35.5. The van der Waals surface area contributed by atoms with E-state index in [0.717, 1.165) is 18.4 Å². The molecule has 1 amide bonds. The lowest BCUT2D eigenvalue weighted by atomic mass is 9.91. The van der Waals surface area contributed by atoms with Crippen molar-refractivity contribution in [1.82, 2.24) is 14.9 Å². The zero-order valence-electron chi connectivity index (χ0n) is 23.5. The lowest BCUT2D eigenvalue weighted by molar-refractivity contribution is -0.120. The molecule has 2 atom stereocenters. The lowest BCUT2D eigenvalue weighted by Gasteiger charge is -2.23. The summed E-state index contributed by atoms with van der Waals surface area (Å²) in [6, 6.07) is 10.0. The molecular formula is C31H34ClFN4O4. The summed E-state index contributed by atoms with van der Waals surface area (Å²) in [5.74, 6) is -0.00108. The number of aromatic nitrogens is 2. The summed E-state index contributed by atoms with van der Waals surface area (Å²) in [5.41, 5.74) is 3.31. The van der Waals surface area contributed by atoms with E-state index in [4.69, 9.17) is 21.1 Å². The first-order valence-corrected chi connectivity index (χ1v) is 14.3. The highest BCUT2D eigenvalue weighted by molar-refractivity contribution is 6.33. The van der Waals surface area contributed by atoms with E-state index < -0.39 is 5.82 Å². The van der Waals surface area contributed by atoms with Gasteiger partial charge in [-0.15, -0.1) is 0 Å². The topological polar surface area (TPSA) is 93.7 Å². The number of rotatable bonds is 10. The summed E-state index contributed by atoms with van der Waals surface area (Å²) in [6.45, 7) is 5.24. The number of halogens is 2. The van der Waals surface area contributed by atoms with Gasteiger partial charge in [0.1, 0.15) is 11.6 Å². The normalized spacial score (nSPS) is 17.8. The van der Waals surface area contributed by atoms with Gasteiger partial charge in [0, 0.05) is 42.9 Å². The van der Waals surface area contributed by atoms with E-state index >= 15 is 0 Å². The first-order valence-electron chi connectivity index (χ1n) is 14.0. The fourth-order valence-electron chi connectivity index (χ4n) is 5.59. The maximum atomic E-state index is 14.1. The Hall–Kier alpha value is -3.56. The first-order chi connectivity index (χ1) is 19.8. The highest BCUT2D eigenvalue weighted by Crippen LogP contribution is 2.37. The van der Waals surface area contributed by atoms with Crippen LogP contribution in [0.1, 0.15) is 73.0 Å². The van der Waals surface area contributed by atoms with Gasteiger partial charge in [-0.2, -0.15) is 0 Å². The Kier molecular flexibility index (Phi) is 8.85. The number of hydrogen-bond donors (Lipinski definition) is 1. The van der Waals surface area contributed by atoms with Crippen LogP contribution in [0.5, 0.6) is 5.75 Å². The minimum absolute atomic E-state index is 0.0274. The van der Waals surface area contributed by atoms with Crippen LogP contribution in [0.25, 0.3) is 11.3 Å². The van der Waals surface area contributed by atoms with Gasteiger partial charge in [0.15, 0.2) is 5.78 Å². The van der Waals surface area contributed by atoms with Gasteiger partial charge in [0.05, 0.1) is 36.6 Å². The van der Waals surface area contributed by atoms with Crippen LogP contribution in [0.2, 0.25) is 5.02 Å². The largest absolute Gasteiger partial charge is 0.497 e. The summed E-state index contributed by atoms with van der Waals surface area (Å²) in [7, 11) is 1.48. The number of carbonyl (C=O) groups excluding carboxylic acids is 2. The number of methoxy groups -OCH3 is 1. The van der Waals surface area contributed by atoms with Crippen LogP contribution in [0.15, 0.2) is 42.6 Å². The summed E-state index contributed by atoms with van der Waals surface area (Å²) in [4.78, 5) is 37.3. The molecule has 0 unspecified atom stereocenters. The molecule has 216 valence electrons. The van der Waals surface area contributed by atoms with E-state index in [9.17, 15) is 14.0 Å². The third kappa shape index (κ3) is 6.36. The van der Waals surface area contributed by atoms with E-state index in [0.29, 0.717) is 58.7 Å². The molecule has 1 saturated heterocycles. The molecule has 10 heteroatoms. The van der Waals surface area contributed by atoms with Crippen LogP contribution < -0.4 is 10.1 Å². The van der Waals surface area contributed by atoms with Crippen molar-refractivity contribution in [3.05, 3.63) is 70.1 Å². The minimum Gasteiger partial charge on any atom is -0.497 e. The quantitative estimate of drug-likeness (QED) is 0.305. The summed E-state index contributed by atoms with van der Waals surface area (Å²) in [5, 5.41) is 3.74. The van der Waals surface area contributed by atoms with Crippen LogP contribution in [-0.2, 0) is 9.53 Å². The number of anilines is 1. The fraction of sp³-hybridized carbons (Fsp3) is 0.419. The number of fused-ring (bicyclic) bond motifs is 1. The number of Topliss-reactive ketones (excluding diaryl/α,β-unsaturated/α-hetero) is 1. The molecule has 3 heterocycles. The van der Waals surface area contributed by atoms with Crippen LogP contribution in [-0.4, -0.2) is 59.5 Å². The van der Waals surface area contributed by atoms with E-state index in [1.807, 2.05) is 26.0 Å². The van der Waals surface area contributed by atoms with Crippen molar-refractivity contribution >= 4 is 29.2 Å². The Morgan fingerprint density at radius 1 is 1.24 bits per heavy atom. The van der Waals surface area contributed by atoms with Gasteiger partial charge in [-0.05, 0) is 61.4 Å². The van der Waals surface area contributed by atoms with Crippen LogP contribution in [0, 0.1) is 5.82 Å². The van der Waals surface area contributed by atoms with Crippen molar-refractivity contribution in [1.29, 1.82) is 0 Å². The molecule has 1 N–H and O–H groups in total. The monoisotopic (exact) mass is 580 g/mol. The molecule has 1 aromatic heterocycles. The molecule has 0 aliphatic carbocycles. The van der Waals surface area contributed by atoms with Gasteiger partial charge in [-0.3, -0.25) is 9.59 Å². The van der Waals surface area contributed by atoms with E-state index in [1.54, 1.807) is 23.2 Å². The van der Waals surface area contributed by atoms with Crippen LogP contribution >= 0.6 is 11.6 Å². The molecule has 2 aromatic carbocycles. The zero-order valence-corrected chi connectivity index (χ0v) is 24.2. The third-order valence-electron chi connectivity index (χ3n) is 7.95. The number of ether oxygens (including phenoxy) is 2. The van der Waals surface area contributed by atoms with Crippen molar-refractivity contribution in [3.8, 4) is 17.0 Å². The second-order valence-electron chi connectivity index (χ2n) is 10.6. The zero-order chi connectivity index (χ0) is 29.1. The molecule has 8 nitrogen and oxygen atoms in total. The molecule has 2 aliphatic rings. The number of amides is 1. The Bertz CT molecular complexity index is 1450. The molecule has 1 fully saturated rings. The smallest absolute Gasteiger partial charge is 0.255 e. The fourth-order valence-corrected chi connectivity index (χ4v) is 5.79. The second kappa shape index (κ2) is 12.5. The maximum Gasteiger partial charge on any atom is 0.255 e. The number of carbonyl (C=O) groups is 2. The average molecular weight is 581 g/mol. The Labute approximate surface area is 244 Å². The van der Waals surface area contributed by atoms with E-state index in [2.05, 4.69) is 15.3 Å². The van der Waals surface area contributed by atoms with Crippen LogP contribution in [0.4, 0.5) is 10.3 Å². The predicted molar refractivity (Wildman–Crippen MR) is 155 cm³/mol. The molecule has 0 saturated carbocycles. The van der Waals surface area contributed by atoms with Crippen molar-refractivity contribution in [3.63, 3.8) is 0 Å². The van der Waals surface area contributed by atoms with Crippen molar-refractivity contribution in [2.75, 3.05) is 32.2 Å². The molecular weight excluding hydrogens is 547 g/mol. The Morgan fingerprint density at radius 2 is 2.02 bits per heavy atom. The minimum atomic E-state index is -0.407. The number of nitrogens with zero attached hydrogens (tertiary/aromatic N) is 3. The molecule has 41 heavy (non-hydrogen) atoms. The predicted octanol–water partition coefficient (Wildman–Crippen LogP) is 6.21. The van der Waals surface area contributed by atoms with Gasteiger partial charge in [-0.25, -0.2) is 14.4 Å². The van der Waals surface area contributed by atoms with Gasteiger partial charge >= 0.3 is 0 Å². The number of benzene rings is 2. The summed E-state index contributed by atoms with van der Waals surface area (Å²) >= 11 is 6.48. The summed E-state index contributed by atoms with van der Waals surface area (Å²) < 4.78 is 24.7. The Balaban J connectivity index is 1.31. The van der Waals surface area contributed by atoms with E-state index in [-0.39, 0.29) is 42.7 Å². The maximum absolute atomic E-state index is 14.1. The third-order valence-corrected chi connectivity index (χ3v) is 8.23. The lowest BCUT2D eigenvalue weighted by Crippen LogP contribution is -2.33. The van der Waals surface area contributed by atoms with E-state index in [1.165, 1.54) is 19.2 Å². The number of nitrogens with one attached hydrogen (secondary N) is 1. The standard InChI is InChI=1S/C31H34ClFN4O4/c1-4-19(21-11-22(33)15-25(13-21)40-3)12-24(38)17-37-18(2)26-6-5-20(14-27(26)30(37)39)29-28(32)16-34-31(36-29)35-23-7-9-41-10-8-23/h5-6,11,13-16,18-19,23H,4,7-10,12,17H2,1-3H3,(H,34,35,36)/t18-,19+/m1/s1. The number of ketones is 1. The van der Waals surface area contributed by atoms with Gasteiger partial charge in [0.2, 0.25) is 5.95 Å². The molecule has 0 spiro atoms. The molecule has 0 radical (unpaired) electrons. The number of hydrogen-bond acceptors (Lipinski definition) is 7. The Morgan fingerprint density at radius 3 is 2.76 bits per heavy atom. The van der Waals surface area contributed by atoms with Gasteiger partial charge in [-0.1, -0.05) is 30.7 Å². The van der Waals surface area contributed by atoms with Crippen molar-refractivity contribution in [2.45, 2.75) is 57.5 Å². The van der Waals surface area contributed by atoms with Crippen LogP contribution in [0.3, 0.4) is 0 Å². The SMILES string of the molecule is CC[C@@H](CC(=O)CN1C(=O)c2cc(-c3nc(NC4CCOCC4)ncc3Cl)ccc2[C@H]1C)c1cc(F)cc(OC)c1. The van der Waals surface area contributed by atoms with Crippen molar-refractivity contribution < 1.29 is 23.5 Å². The first kappa shape index (κ1) is 29.0. The molecule has 5 rings (SSSR count). The van der Waals surface area contributed by atoms with Crippen molar-refractivity contribution in [2.24, 2.45) is 0 Å². The molecule has 3 aromatic rings. The molecule has 2 aliphatic heterocycles. The summed E-state index contributed by atoms with van der Waals surface area (Å²) in [6.07, 6.45) is 4.15. The highest BCUT2D eigenvalue weighted by Gasteiger charge is 2.35. The van der Waals surface area contributed by atoms with Gasteiger partial charge < -0.3 is 19.7 Å². The average Bonchev–Trinajstić information content (AvgIpc) is 3.21. The van der Waals surface area contributed by atoms with Gasteiger partial charge in [0.25, 0.3) is 5.91 Å². The second-order valence-corrected chi connectivity index (χ2v) is 11.0. The molecule has 0 bridgehead atoms.